The van der Waals surface area contributed by atoms with Gasteiger partial charge >= 0.3 is 0 Å². The van der Waals surface area contributed by atoms with Crippen LogP contribution in [0, 0.1) is 5.82 Å². The van der Waals surface area contributed by atoms with Gasteiger partial charge in [-0.15, -0.1) is 0 Å². The maximum absolute atomic E-state index is 14.4. The Bertz CT molecular complexity index is 418. The number of methoxy groups -OCH3 is 1. The van der Waals surface area contributed by atoms with E-state index in [0.29, 0.717) is 11.3 Å². The summed E-state index contributed by atoms with van der Waals surface area (Å²) in [6, 6.07) is 5.38. The summed E-state index contributed by atoms with van der Waals surface area (Å²) in [7, 11) is 3.40. The molecule has 4 heteroatoms. The van der Waals surface area contributed by atoms with Crippen LogP contribution in [0.25, 0.3) is 0 Å². The van der Waals surface area contributed by atoms with Crippen molar-refractivity contribution < 1.29 is 9.13 Å². The van der Waals surface area contributed by atoms with E-state index in [2.05, 4.69) is 12.2 Å². The summed E-state index contributed by atoms with van der Waals surface area (Å²) in [5.41, 5.74) is 0.703. The van der Waals surface area contributed by atoms with E-state index in [-0.39, 0.29) is 16.6 Å². The summed E-state index contributed by atoms with van der Waals surface area (Å²) >= 11 is 1.92. The molecule has 0 spiro atoms. The molecule has 1 aliphatic rings. The molecule has 2 unspecified atom stereocenters. The molecule has 2 rings (SSSR count). The third-order valence-electron chi connectivity index (χ3n) is 3.67. The van der Waals surface area contributed by atoms with Gasteiger partial charge < -0.3 is 10.1 Å². The Morgan fingerprint density at radius 3 is 2.83 bits per heavy atom. The smallest absolute Gasteiger partial charge is 0.169 e. The Hall–Kier alpha value is -0.740. The molecule has 1 saturated heterocycles. The topological polar surface area (TPSA) is 21.3 Å². The van der Waals surface area contributed by atoms with Crippen molar-refractivity contribution in [2.45, 2.75) is 30.6 Å². The number of thioether (sulfide) groups is 1. The number of hydrogen-bond acceptors (Lipinski definition) is 3. The van der Waals surface area contributed by atoms with E-state index >= 15 is 0 Å². The maximum atomic E-state index is 14.4. The van der Waals surface area contributed by atoms with Gasteiger partial charge in [-0.3, -0.25) is 0 Å². The molecule has 0 radical (unpaired) electrons. The van der Waals surface area contributed by atoms with Crippen LogP contribution in [0.15, 0.2) is 18.2 Å². The molecule has 1 N–H and O–H groups in total. The summed E-state index contributed by atoms with van der Waals surface area (Å²) in [6.45, 7) is 2.21. The Labute approximate surface area is 112 Å². The summed E-state index contributed by atoms with van der Waals surface area (Å²) in [6.07, 6.45) is 2.31. The van der Waals surface area contributed by atoms with E-state index < -0.39 is 0 Å². The van der Waals surface area contributed by atoms with Gasteiger partial charge in [-0.25, -0.2) is 4.39 Å². The Morgan fingerprint density at radius 1 is 1.50 bits per heavy atom. The maximum Gasteiger partial charge on any atom is 0.169 e. The van der Waals surface area contributed by atoms with Gasteiger partial charge in [-0.2, -0.15) is 11.8 Å². The van der Waals surface area contributed by atoms with Crippen LogP contribution in [-0.4, -0.2) is 24.7 Å². The molecule has 0 aromatic heterocycles. The summed E-state index contributed by atoms with van der Waals surface area (Å²) in [4.78, 5) is 0. The first kappa shape index (κ1) is 13.7. The Morgan fingerprint density at radius 2 is 2.28 bits per heavy atom. The lowest BCUT2D eigenvalue weighted by Gasteiger charge is -2.33. The first-order valence-corrected chi connectivity index (χ1v) is 7.24. The van der Waals surface area contributed by atoms with Gasteiger partial charge in [0.05, 0.1) is 7.11 Å². The fourth-order valence-corrected chi connectivity index (χ4v) is 4.18. The quantitative estimate of drug-likeness (QED) is 0.905. The second-order valence-electron chi connectivity index (χ2n) is 4.85. The molecule has 1 aromatic rings. The minimum absolute atomic E-state index is 0.0140. The fourth-order valence-electron chi connectivity index (χ4n) is 2.73. The third kappa shape index (κ3) is 2.36. The minimum Gasteiger partial charge on any atom is -0.494 e. The molecule has 0 aliphatic carbocycles. The van der Waals surface area contributed by atoms with Crippen molar-refractivity contribution in [2.75, 3.05) is 19.9 Å². The normalized spacial score (nSPS) is 25.1. The Kier molecular flexibility index (Phi) is 4.17. The standard InChI is InChI=1S/C14H20FNOS/c1-14(8-5-9-18-14)13(16-2)10-6-4-7-11(17-3)12(10)15/h4,6-7,13,16H,5,8-9H2,1-3H3. The first-order chi connectivity index (χ1) is 8.62. The second-order valence-corrected chi connectivity index (χ2v) is 6.48. The lowest BCUT2D eigenvalue weighted by molar-refractivity contribution is 0.371. The van der Waals surface area contributed by atoms with Crippen molar-refractivity contribution in [3.8, 4) is 5.75 Å². The lowest BCUT2D eigenvalue weighted by atomic mass is 9.90. The SMILES string of the molecule is CNC(c1cccc(OC)c1F)C1(C)CCCS1. The summed E-state index contributed by atoms with van der Waals surface area (Å²) < 4.78 is 19.5. The number of ether oxygens (including phenoxy) is 1. The van der Waals surface area contributed by atoms with E-state index in [4.69, 9.17) is 4.74 Å². The zero-order valence-electron chi connectivity index (χ0n) is 11.1. The fraction of sp³-hybridized carbons (Fsp3) is 0.571. The number of nitrogens with one attached hydrogen (secondary N) is 1. The highest BCUT2D eigenvalue weighted by Crippen LogP contribution is 2.47. The molecule has 100 valence electrons. The highest BCUT2D eigenvalue weighted by molar-refractivity contribution is 8.00. The average molecular weight is 269 g/mol. The van der Waals surface area contributed by atoms with E-state index in [1.54, 1.807) is 6.07 Å². The van der Waals surface area contributed by atoms with Gasteiger partial charge in [0.25, 0.3) is 0 Å². The predicted octanol–water partition coefficient (Wildman–Crippen LogP) is 3.38. The summed E-state index contributed by atoms with van der Waals surface area (Å²) in [5.74, 6) is 1.23. The van der Waals surface area contributed by atoms with Crippen molar-refractivity contribution in [1.82, 2.24) is 5.32 Å². The van der Waals surface area contributed by atoms with Crippen molar-refractivity contribution in [3.63, 3.8) is 0 Å². The predicted molar refractivity (Wildman–Crippen MR) is 74.8 cm³/mol. The van der Waals surface area contributed by atoms with Crippen LogP contribution in [0.3, 0.4) is 0 Å². The van der Waals surface area contributed by atoms with Gasteiger partial charge in [0, 0.05) is 16.4 Å². The van der Waals surface area contributed by atoms with Gasteiger partial charge in [0.15, 0.2) is 11.6 Å². The molecule has 1 aromatic carbocycles. The molecule has 0 saturated carbocycles. The average Bonchev–Trinajstić information content (AvgIpc) is 2.80. The zero-order valence-corrected chi connectivity index (χ0v) is 11.9. The van der Waals surface area contributed by atoms with Crippen molar-refractivity contribution in [2.24, 2.45) is 0 Å². The van der Waals surface area contributed by atoms with Crippen molar-refractivity contribution in [1.29, 1.82) is 0 Å². The monoisotopic (exact) mass is 269 g/mol. The van der Waals surface area contributed by atoms with Crippen molar-refractivity contribution >= 4 is 11.8 Å². The number of benzene rings is 1. The van der Waals surface area contributed by atoms with E-state index in [1.165, 1.54) is 13.5 Å². The zero-order chi connectivity index (χ0) is 13.2. The molecule has 1 aliphatic heterocycles. The molecule has 2 nitrogen and oxygen atoms in total. The van der Waals surface area contributed by atoms with Crippen LogP contribution in [0.1, 0.15) is 31.4 Å². The third-order valence-corrected chi connectivity index (χ3v) is 5.26. The van der Waals surface area contributed by atoms with Crippen molar-refractivity contribution in [3.05, 3.63) is 29.6 Å². The number of rotatable bonds is 4. The van der Waals surface area contributed by atoms with Gasteiger partial charge in [0.1, 0.15) is 0 Å². The largest absolute Gasteiger partial charge is 0.494 e. The van der Waals surface area contributed by atoms with E-state index in [1.807, 2.05) is 30.9 Å². The molecule has 1 fully saturated rings. The molecular formula is C14H20FNOS. The number of hydrogen-bond donors (Lipinski definition) is 1. The van der Waals surface area contributed by atoms with Crippen LogP contribution in [0.4, 0.5) is 4.39 Å². The lowest BCUT2D eigenvalue weighted by Crippen LogP contribution is -2.36. The van der Waals surface area contributed by atoms with Gasteiger partial charge in [-0.05, 0) is 38.6 Å². The number of halogens is 1. The molecule has 0 bridgehead atoms. The van der Waals surface area contributed by atoms with Crippen LogP contribution < -0.4 is 10.1 Å². The van der Waals surface area contributed by atoms with Crippen LogP contribution in [0.2, 0.25) is 0 Å². The highest BCUT2D eigenvalue weighted by atomic mass is 32.2. The molecular weight excluding hydrogens is 249 g/mol. The van der Waals surface area contributed by atoms with Crippen LogP contribution in [-0.2, 0) is 0 Å². The van der Waals surface area contributed by atoms with Gasteiger partial charge in [0.2, 0.25) is 0 Å². The van der Waals surface area contributed by atoms with E-state index in [9.17, 15) is 4.39 Å². The first-order valence-electron chi connectivity index (χ1n) is 6.26. The molecule has 2 atom stereocenters. The molecule has 0 amide bonds. The molecule has 18 heavy (non-hydrogen) atoms. The van der Waals surface area contributed by atoms with E-state index in [0.717, 1.165) is 12.2 Å². The second kappa shape index (κ2) is 5.49. The van der Waals surface area contributed by atoms with Crippen LogP contribution in [0.5, 0.6) is 5.75 Å². The van der Waals surface area contributed by atoms with Gasteiger partial charge in [-0.1, -0.05) is 12.1 Å². The van der Waals surface area contributed by atoms with Crippen LogP contribution >= 0.6 is 11.8 Å². The highest BCUT2D eigenvalue weighted by Gasteiger charge is 2.39. The Balaban J connectivity index is 2.38. The molecule has 1 heterocycles. The summed E-state index contributed by atoms with van der Waals surface area (Å²) in [5, 5.41) is 3.28. The minimum atomic E-state index is -0.243.